The van der Waals surface area contributed by atoms with E-state index in [-0.39, 0.29) is 18.3 Å². The number of halogens is 1. The lowest BCUT2D eigenvalue weighted by atomic mass is 10.3. The molecule has 0 aromatic rings. The second-order valence-electron chi connectivity index (χ2n) is 5.60. The molecule has 0 atom stereocenters. The molecule has 25 heavy (non-hydrogen) atoms. The number of esters is 1. The van der Waals surface area contributed by atoms with Crippen LogP contribution in [0.5, 0.6) is 0 Å². The molecule has 0 aliphatic rings. The quantitative estimate of drug-likeness (QED) is 0.180. The number of nitrogens with zero attached hydrogens (tertiary/aromatic N) is 2. The van der Waals surface area contributed by atoms with Crippen molar-refractivity contribution in [3.05, 3.63) is 37.5 Å². The summed E-state index contributed by atoms with van der Waals surface area (Å²) in [6, 6.07) is 0. The van der Waals surface area contributed by atoms with Crippen LogP contribution in [0, 0.1) is 0 Å². The molecule has 146 valence electrons. The summed E-state index contributed by atoms with van der Waals surface area (Å²) in [6.07, 6.45) is 2.89. The van der Waals surface area contributed by atoms with Gasteiger partial charge in [-0.1, -0.05) is 19.7 Å². The Kier molecular flexibility index (Phi) is 22.4. The summed E-state index contributed by atoms with van der Waals surface area (Å²) in [4.78, 5) is 23.0. The molecule has 0 unspecified atom stereocenters. The van der Waals surface area contributed by atoms with Crippen LogP contribution in [0.4, 0.5) is 0 Å². The van der Waals surface area contributed by atoms with Gasteiger partial charge in [0.15, 0.2) is 0 Å². The summed E-state index contributed by atoms with van der Waals surface area (Å²) in [6.45, 7) is 13.0. The van der Waals surface area contributed by atoms with E-state index in [1.165, 1.54) is 7.11 Å². The molecular formula is C17H31ClN2O5. The zero-order valence-corrected chi connectivity index (χ0v) is 16.6. The summed E-state index contributed by atoms with van der Waals surface area (Å²) in [5, 5.41) is 18.6. The van der Waals surface area contributed by atoms with E-state index in [9.17, 15) is 14.7 Å². The van der Waals surface area contributed by atoms with E-state index < -0.39 is 11.9 Å². The highest BCUT2D eigenvalue weighted by molar-refractivity contribution is 5.88. The van der Waals surface area contributed by atoms with Crippen molar-refractivity contribution in [2.45, 2.75) is 13.3 Å². The lowest BCUT2D eigenvalue weighted by Crippen LogP contribution is -2.35. The lowest BCUT2D eigenvalue weighted by Gasteiger charge is -2.23. The van der Waals surface area contributed by atoms with Gasteiger partial charge in [-0.25, -0.2) is 9.59 Å². The zero-order valence-electron chi connectivity index (χ0n) is 15.8. The molecular weight excluding hydrogens is 348 g/mol. The Hall–Kier alpha value is -2.12. The van der Waals surface area contributed by atoms with E-state index >= 15 is 0 Å². The molecule has 0 saturated heterocycles. The van der Waals surface area contributed by atoms with Crippen molar-refractivity contribution in [2.75, 3.05) is 41.3 Å². The van der Waals surface area contributed by atoms with Crippen LogP contribution in [0.3, 0.4) is 0 Å². The van der Waals surface area contributed by atoms with Gasteiger partial charge in [0.25, 0.3) is 0 Å². The number of hydrogen-bond donors (Lipinski definition) is 1. The Morgan fingerprint density at radius 2 is 1.68 bits per heavy atom. The predicted molar refractivity (Wildman–Crippen MR) is 102 cm³/mol. The number of carbonyl (C=O) groups excluding carboxylic acids is 1. The first kappa shape index (κ1) is 30.7. The van der Waals surface area contributed by atoms with Crippen LogP contribution >= 0.6 is 12.4 Å². The van der Waals surface area contributed by atoms with Gasteiger partial charge in [0, 0.05) is 25.1 Å². The SMILES string of the molecule is C=C(C)C([O-])=NCCC[N+](C)(C)C.C=CC(=O)O.C=CC(=O)OC.Cl. The number of aliphatic carboxylic acids is 1. The van der Waals surface area contributed by atoms with Gasteiger partial charge in [-0.2, -0.15) is 0 Å². The first-order valence-electron chi connectivity index (χ1n) is 7.14. The first-order valence-corrected chi connectivity index (χ1v) is 7.14. The van der Waals surface area contributed by atoms with E-state index in [4.69, 9.17) is 5.11 Å². The zero-order chi connectivity index (χ0) is 19.8. The Labute approximate surface area is 157 Å². The Morgan fingerprint density at radius 1 is 1.24 bits per heavy atom. The van der Waals surface area contributed by atoms with E-state index in [1.54, 1.807) is 6.92 Å². The van der Waals surface area contributed by atoms with Gasteiger partial charge in [0.2, 0.25) is 0 Å². The fourth-order valence-corrected chi connectivity index (χ4v) is 0.944. The van der Waals surface area contributed by atoms with Crippen molar-refractivity contribution in [3.63, 3.8) is 0 Å². The van der Waals surface area contributed by atoms with Crippen LogP contribution in [0.25, 0.3) is 0 Å². The van der Waals surface area contributed by atoms with E-state index in [0.29, 0.717) is 12.1 Å². The maximum absolute atomic E-state index is 11.0. The fraction of sp³-hybridized carbons (Fsp3) is 0.471. The smallest absolute Gasteiger partial charge is 0.329 e. The number of methoxy groups -OCH3 is 1. The predicted octanol–water partition coefficient (Wildman–Crippen LogP) is 1.44. The average Bonchev–Trinajstić information content (AvgIpc) is 2.50. The highest BCUT2D eigenvalue weighted by atomic mass is 35.5. The molecule has 0 radical (unpaired) electrons. The number of carboxylic acids is 1. The van der Waals surface area contributed by atoms with E-state index in [0.717, 1.165) is 29.6 Å². The Balaban J connectivity index is -0.000000154. The second-order valence-corrected chi connectivity index (χ2v) is 5.60. The second kappa shape index (κ2) is 18.2. The van der Waals surface area contributed by atoms with Gasteiger partial charge in [-0.3, -0.25) is 0 Å². The molecule has 0 rings (SSSR count). The molecule has 0 aromatic carbocycles. The summed E-state index contributed by atoms with van der Waals surface area (Å²) < 4.78 is 5.06. The number of rotatable bonds is 7. The van der Waals surface area contributed by atoms with Crippen LogP contribution in [-0.4, -0.2) is 68.8 Å². The first-order chi connectivity index (χ1) is 10.9. The monoisotopic (exact) mass is 378 g/mol. The molecule has 0 aliphatic carbocycles. The summed E-state index contributed by atoms with van der Waals surface area (Å²) in [7, 11) is 7.69. The van der Waals surface area contributed by atoms with Crippen molar-refractivity contribution in [1.29, 1.82) is 0 Å². The highest BCUT2D eigenvalue weighted by Crippen LogP contribution is 1.94. The molecule has 0 spiro atoms. The number of carbonyl (C=O) groups is 2. The molecule has 1 N–H and O–H groups in total. The molecule has 0 saturated carbocycles. The fourth-order valence-electron chi connectivity index (χ4n) is 0.944. The number of quaternary nitrogens is 1. The van der Waals surface area contributed by atoms with Gasteiger partial charge in [0.05, 0.1) is 34.8 Å². The van der Waals surface area contributed by atoms with Gasteiger partial charge >= 0.3 is 11.9 Å². The number of ether oxygens (including phenoxy) is 1. The minimum Gasteiger partial charge on any atom is -0.859 e. The van der Waals surface area contributed by atoms with Crippen LogP contribution in [0.15, 0.2) is 42.5 Å². The van der Waals surface area contributed by atoms with Crippen LogP contribution < -0.4 is 5.11 Å². The molecule has 7 nitrogen and oxygen atoms in total. The maximum atomic E-state index is 11.0. The van der Waals surface area contributed by atoms with Crippen molar-refractivity contribution in [2.24, 2.45) is 4.99 Å². The molecule has 0 amide bonds. The largest absolute Gasteiger partial charge is 0.859 e. The van der Waals surface area contributed by atoms with Crippen LogP contribution in [0.1, 0.15) is 13.3 Å². The van der Waals surface area contributed by atoms with Crippen molar-refractivity contribution < 1.29 is 29.0 Å². The van der Waals surface area contributed by atoms with E-state index in [1.807, 2.05) is 0 Å². The third kappa shape index (κ3) is 34.3. The molecule has 0 bridgehead atoms. The van der Waals surface area contributed by atoms with Crippen LogP contribution in [0.2, 0.25) is 0 Å². The van der Waals surface area contributed by atoms with Crippen LogP contribution in [-0.2, 0) is 14.3 Å². The summed E-state index contributed by atoms with van der Waals surface area (Å²) in [5.41, 5.74) is 0.519. The third-order valence-corrected chi connectivity index (χ3v) is 2.15. The molecule has 0 heterocycles. The van der Waals surface area contributed by atoms with Gasteiger partial charge in [-0.05, 0) is 18.4 Å². The van der Waals surface area contributed by atoms with Gasteiger partial charge in [-0.15, -0.1) is 12.4 Å². The highest BCUT2D eigenvalue weighted by Gasteiger charge is 2.04. The Bertz CT molecular complexity index is 454. The molecule has 0 fully saturated rings. The van der Waals surface area contributed by atoms with Gasteiger partial charge in [0.1, 0.15) is 0 Å². The number of hydrogen-bond acceptors (Lipinski definition) is 5. The average molecular weight is 379 g/mol. The van der Waals surface area contributed by atoms with Gasteiger partial charge < -0.3 is 24.4 Å². The third-order valence-electron chi connectivity index (χ3n) is 2.15. The van der Waals surface area contributed by atoms with Crippen molar-refractivity contribution in [3.8, 4) is 0 Å². The molecule has 0 aromatic heterocycles. The summed E-state index contributed by atoms with van der Waals surface area (Å²) in [5.74, 6) is -1.54. The number of aliphatic imine (C=N–C) groups is 1. The standard InChI is InChI=1S/C10H20N2O.C4H6O2.C3H4O2.ClH/c1-9(2)10(13)11-7-6-8-12(3,4)5;1-3-4(5)6-2;1-2-3(4)5;/h1,6-8H2,2-5H3;3H,1H2,2H3;2H,1H2,(H,4,5);1H. The normalized spacial score (nSPS) is 9.72. The van der Waals surface area contributed by atoms with Crippen molar-refractivity contribution in [1.82, 2.24) is 0 Å². The number of carboxylic acid groups (broad SMARTS) is 1. The van der Waals surface area contributed by atoms with Crippen molar-refractivity contribution >= 4 is 30.2 Å². The minimum atomic E-state index is -0.981. The topological polar surface area (TPSA) is 99.0 Å². The minimum absolute atomic E-state index is 0. The summed E-state index contributed by atoms with van der Waals surface area (Å²) >= 11 is 0. The molecule has 8 heteroatoms. The molecule has 0 aliphatic heterocycles. The lowest BCUT2D eigenvalue weighted by molar-refractivity contribution is -0.870. The maximum Gasteiger partial charge on any atom is 0.329 e. The Morgan fingerprint density at radius 3 is 1.88 bits per heavy atom. The van der Waals surface area contributed by atoms with E-state index in [2.05, 4.69) is 50.6 Å².